The zero-order chi connectivity index (χ0) is 24.9. The number of para-hydroxylation sites is 2. The minimum Gasteiger partial charge on any atom is -0.459 e. The number of halogens is 1. The number of nitrogens with zero attached hydrogens (tertiary/aromatic N) is 1. The van der Waals surface area contributed by atoms with E-state index < -0.39 is 6.29 Å². The zero-order valence-corrected chi connectivity index (χ0v) is 20.2. The summed E-state index contributed by atoms with van der Waals surface area (Å²) < 4.78 is 12.0. The number of imidazole rings is 1. The Hall–Kier alpha value is -3.65. The first-order valence-electron chi connectivity index (χ1n) is 11.7. The maximum absolute atomic E-state index is 13.1. The van der Waals surface area contributed by atoms with Gasteiger partial charge in [-0.2, -0.15) is 0 Å². The molecule has 0 fully saturated rings. The van der Waals surface area contributed by atoms with Gasteiger partial charge in [0.05, 0.1) is 30.8 Å². The molecule has 1 aliphatic heterocycles. The number of amides is 1. The molecule has 1 aliphatic rings. The monoisotopic (exact) mass is 503 g/mol. The van der Waals surface area contributed by atoms with Crippen molar-refractivity contribution in [3.05, 3.63) is 112 Å². The number of allylic oxidation sites excluding steroid dienone is 1. The summed E-state index contributed by atoms with van der Waals surface area (Å²) in [6, 6.07) is 22.8. The third kappa shape index (κ3) is 5.76. The summed E-state index contributed by atoms with van der Waals surface area (Å²) >= 11 is 6.07. The highest BCUT2D eigenvalue weighted by Crippen LogP contribution is 2.32. The number of hydrogen-bond acceptors (Lipinski definition) is 5. The van der Waals surface area contributed by atoms with Gasteiger partial charge in [0.15, 0.2) is 5.76 Å². The third-order valence-corrected chi connectivity index (χ3v) is 6.33. The number of hydrogen-bond donors (Lipinski definition) is 3. The topological polar surface area (TPSA) is 96.5 Å². The molecule has 184 valence electrons. The van der Waals surface area contributed by atoms with E-state index in [0.29, 0.717) is 23.9 Å². The van der Waals surface area contributed by atoms with Crippen LogP contribution < -0.4 is 5.32 Å². The van der Waals surface area contributed by atoms with Crippen LogP contribution in [-0.2, 0) is 34.0 Å². The number of aliphatic hydroxyl groups excluding tert-OH is 1. The number of H-pyrrole nitrogens is 1. The number of carbonyl (C=O) groups is 1. The molecule has 5 rings (SSSR count). The van der Waals surface area contributed by atoms with Crippen molar-refractivity contribution < 1.29 is 19.4 Å². The predicted molar refractivity (Wildman–Crippen MR) is 137 cm³/mol. The van der Waals surface area contributed by atoms with E-state index in [4.69, 9.17) is 21.1 Å². The van der Waals surface area contributed by atoms with E-state index in [9.17, 15) is 9.90 Å². The number of nitrogens with one attached hydrogen (secondary N) is 2. The Morgan fingerprint density at radius 3 is 2.58 bits per heavy atom. The van der Waals surface area contributed by atoms with Crippen LogP contribution in [0.5, 0.6) is 0 Å². The van der Waals surface area contributed by atoms with Gasteiger partial charge in [0.1, 0.15) is 5.82 Å². The first kappa shape index (κ1) is 24.1. The first-order chi connectivity index (χ1) is 17.6. The van der Waals surface area contributed by atoms with Gasteiger partial charge in [-0.25, -0.2) is 4.98 Å². The number of rotatable bonds is 8. The Morgan fingerprint density at radius 2 is 1.83 bits per heavy atom. The SMILES string of the molecule is O=C(NCc1nc2ccccc2[nH]1)C1=C[C@H](c2ccc(Cl)cc2)C[C@H](OCc2ccc(CO)cc2)O1. The molecule has 8 heteroatoms. The summed E-state index contributed by atoms with van der Waals surface area (Å²) in [7, 11) is 0. The molecular formula is C28H26ClN3O4. The van der Waals surface area contributed by atoms with Crippen LogP contribution in [0, 0.1) is 0 Å². The lowest BCUT2D eigenvalue weighted by Crippen LogP contribution is -2.32. The second-order valence-corrected chi connectivity index (χ2v) is 9.08. The Balaban J connectivity index is 1.29. The van der Waals surface area contributed by atoms with Crippen molar-refractivity contribution in [2.24, 2.45) is 0 Å². The molecule has 0 spiro atoms. The number of aromatic nitrogens is 2. The van der Waals surface area contributed by atoms with Crippen LogP contribution in [-0.4, -0.2) is 27.3 Å². The Morgan fingerprint density at radius 1 is 1.08 bits per heavy atom. The predicted octanol–water partition coefficient (Wildman–Crippen LogP) is 4.96. The van der Waals surface area contributed by atoms with Gasteiger partial charge in [-0.1, -0.05) is 60.1 Å². The van der Waals surface area contributed by atoms with E-state index in [1.807, 2.05) is 78.9 Å². The molecule has 3 aromatic carbocycles. The number of aromatic amines is 1. The summed E-state index contributed by atoms with van der Waals surface area (Å²) in [5, 5.41) is 12.8. The van der Waals surface area contributed by atoms with E-state index in [2.05, 4.69) is 15.3 Å². The second kappa shape index (κ2) is 11.0. The van der Waals surface area contributed by atoms with Gasteiger partial charge < -0.3 is 24.9 Å². The second-order valence-electron chi connectivity index (χ2n) is 8.64. The normalized spacial score (nSPS) is 17.4. The highest BCUT2D eigenvalue weighted by molar-refractivity contribution is 6.30. The van der Waals surface area contributed by atoms with Crippen LogP contribution in [0.25, 0.3) is 11.0 Å². The van der Waals surface area contributed by atoms with Gasteiger partial charge >= 0.3 is 0 Å². The molecule has 0 saturated heterocycles. The van der Waals surface area contributed by atoms with E-state index in [1.165, 1.54) is 0 Å². The first-order valence-corrected chi connectivity index (χ1v) is 12.1. The number of aliphatic hydroxyl groups is 1. The lowest BCUT2D eigenvalue weighted by molar-refractivity contribution is -0.150. The summed E-state index contributed by atoms with van der Waals surface area (Å²) in [5.41, 5.74) is 4.56. The lowest BCUT2D eigenvalue weighted by Gasteiger charge is -2.29. The number of carbonyl (C=O) groups excluding carboxylic acids is 1. The summed E-state index contributed by atoms with van der Waals surface area (Å²) in [5.74, 6) is 0.451. The molecule has 3 N–H and O–H groups in total. The minimum atomic E-state index is -0.611. The van der Waals surface area contributed by atoms with Crippen molar-refractivity contribution in [3.63, 3.8) is 0 Å². The molecule has 7 nitrogen and oxygen atoms in total. The molecule has 0 saturated carbocycles. The highest BCUT2D eigenvalue weighted by Gasteiger charge is 2.29. The smallest absolute Gasteiger partial charge is 0.286 e. The van der Waals surface area contributed by atoms with Crippen molar-refractivity contribution in [1.82, 2.24) is 15.3 Å². The van der Waals surface area contributed by atoms with Crippen LogP contribution in [0.4, 0.5) is 0 Å². The van der Waals surface area contributed by atoms with Crippen molar-refractivity contribution in [3.8, 4) is 0 Å². The van der Waals surface area contributed by atoms with Crippen LogP contribution in [0.15, 0.2) is 84.6 Å². The molecule has 0 radical (unpaired) electrons. The molecule has 0 bridgehead atoms. The fourth-order valence-corrected chi connectivity index (χ4v) is 4.26. The molecule has 0 unspecified atom stereocenters. The molecule has 1 aromatic heterocycles. The van der Waals surface area contributed by atoms with E-state index >= 15 is 0 Å². The van der Waals surface area contributed by atoms with Crippen LogP contribution in [0.1, 0.15) is 34.9 Å². The average molecular weight is 504 g/mol. The minimum absolute atomic E-state index is 0.00700. The van der Waals surface area contributed by atoms with E-state index in [1.54, 1.807) is 0 Å². The van der Waals surface area contributed by atoms with Crippen LogP contribution in [0.3, 0.4) is 0 Å². The van der Waals surface area contributed by atoms with Crippen molar-refractivity contribution in [2.75, 3.05) is 0 Å². The lowest BCUT2D eigenvalue weighted by atomic mass is 9.93. The standard InChI is InChI=1S/C28H26ClN3O4/c29-22-11-9-20(10-12-22)21-13-25(28(34)30-15-26-31-23-3-1-2-4-24(23)32-26)36-27(14-21)35-17-19-7-5-18(16-33)6-8-19/h1-13,21,27,33H,14-17H2,(H,30,34)(H,31,32)/t21-,27+/m0/s1. The summed E-state index contributed by atoms with van der Waals surface area (Å²) in [6.45, 7) is 0.549. The van der Waals surface area contributed by atoms with Crippen LogP contribution >= 0.6 is 11.6 Å². The maximum atomic E-state index is 13.1. The fraction of sp³-hybridized carbons (Fsp3) is 0.214. The third-order valence-electron chi connectivity index (χ3n) is 6.08. The van der Waals surface area contributed by atoms with E-state index in [-0.39, 0.29) is 30.7 Å². The number of fused-ring (bicyclic) bond motifs is 1. The van der Waals surface area contributed by atoms with Gasteiger partial charge in [0.25, 0.3) is 5.91 Å². The highest BCUT2D eigenvalue weighted by atomic mass is 35.5. The molecule has 2 atom stereocenters. The van der Waals surface area contributed by atoms with Gasteiger partial charge in [0.2, 0.25) is 6.29 Å². The largest absolute Gasteiger partial charge is 0.459 e. The fourth-order valence-electron chi connectivity index (χ4n) is 4.13. The molecular weight excluding hydrogens is 478 g/mol. The molecule has 36 heavy (non-hydrogen) atoms. The molecule has 0 aliphatic carbocycles. The maximum Gasteiger partial charge on any atom is 0.286 e. The Bertz CT molecular complexity index is 1330. The van der Waals surface area contributed by atoms with Crippen LogP contribution in [0.2, 0.25) is 5.02 Å². The number of ether oxygens (including phenoxy) is 2. The molecule has 1 amide bonds. The summed E-state index contributed by atoms with van der Waals surface area (Å²) in [6.07, 6.45) is 1.77. The Kier molecular flexibility index (Phi) is 7.32. The number of benzene rings is 3. The van der Waals surface area contributed by atoms with Crippen molar-refractivity contribution in [1.29, 1.82) is 0 Å². The zero-order valence-electron chi connectivity index (χ0n) is 19.5. The summed E-state index contributed by atoms with van der Waals surface area (Å²) in [4.78, 5) is 20.8. The molecule has 4 aromatic rings. The van der Waals surface area contributed by atoms with E-state index in [0.717, 1.165) is 27.7 Å². The van der Waals surface area contributed by atoms with Crippen molar-refractivity contribution in [2.45, 2.75) is 38.4 Å². The van der Waals surface area contributed by atoms with Gasteiger partial charge in [-0.05, 0) is 47.0 Å². The average Bonchev–Trinajstić information content (AvgIpc) is 3.34. The quantitative estimate of drug-likeness (QED) is 0.316. The van der Waals surface area contributed by atoms with Gasteiger partial charge in [-0.15, -0.1) is 0 Å². The van der Waals surface area contributed by atoms with Gasteiger partial charge in [-0.3, -0.25) is 4.79 Å². The molecule has 2 heterocycles. The van der Waals surface area contributed by atoms with Gasteiger partial charge in [0, 0.05) is 17.4 Å². The Labute approximate surface area is 213 Å². The van der Waals surface area contributed by atoms with Crippen molar-refractivity contribution >= 4 is 28.5 Å².